The summed E-state index contributed by atoms with van der Waals surface area (Å²) in [6, 6.07) is 9.99. The molecule has 130 valence electrons. The molecule has 0 aliphatic heterocycles. The van der Waals surface area contributed by atoms with E-state index in [0.29, 0.717) is 6.42 Å². The Balaban J connectivity index is 1.95. The molecule has 1 N–H and O–H groups in total. The van der Waals surface area contributed by atoms with E-state index in [4.69, 9.17) is 16.7 Å². The quantitative estimate of drug-likeness (QED) is 0.583. The molecule has 5 heteroatoms. The van der Waals surface area contributed by atoms with Crippen LogP contribution < -0.4 is 0 Å². The zero-order chi connectivity index (χ0) is 17.8. The Morgan fingerprint density at radius 3 is 2.80 bits per heavy atom. The second-order valence-electron chi connectivity index (χ2n) is 6.23. The lowest BCUT2D eigenvalue weighted by Gasteiger charge is -2.11. The van der Waals surface area contributed by atoms with Gasteiger partial charge < -0.3 is 9.67 Å². The number of nitrogens with zero attached hydrogens (tertiary/aromatic N) is 2. The summed E-state index contributed by atoms with van der Waals surface area (Å²) in [5.41, 5.74) is 4.58. The van der Waals surface area contributed by atoms with Gasteiger partial charge in [-0.25, -0.2) is 0 Å². The summed E-state index contributed by atoms with van der Waals surface area (Å²) in [5, 5.41) is 10.6. The average Bonchev–Trinajstić information content (AvgIpc) is 2.87. The fourth-order valence-corrected chi connectivity index (χ4v) is 3.50. The van der Waals surface area contributed by atoms with E-state index in [0.717, 1.165) is 46.6 Å². The molecule has 0 radical (unpaired) electrons. The van der Waals surface area contributed by atoms with E-state index in [9.17, 15) is 4.79 Å². The van der Waals surface area contributed by atoms with Crippen LogP contribution >= 0.6 is 11.6 Å². The molecule has 0 spiro atoms. The molecule has 0 unspecified atom stereocenters. The van der Waals surface area contributed by atoms with E-state index in [1.807, 2.05) is 24.4 Å². The van der Waals surface area contributed by atoms with Crippen LogP contribution in [0.4, 0.5) is 0 Å². The van der Waals surface area contributed by atoms with Crippen LogP contribution in [0.3, 0.4) is 0 Å². The Bertz CT molecular complexity index is 888. The number of carbonyl (C=O) groups is 1. The van der Waals surface area contributed by atoms with Gasteiger partial charge in [0.25, 0.3) is 0 Å². The largest absolute Gasteiger partial charge is 0.481 e. The lowest BCUT2D eigenvalue weighted by Crippen LogP contribution is -2.02. The van der Waals surface area contributed by atoms with Crippen molar-refractivity contribution in [3.8, 4) is 11.3 Å². The number of hydrogen-bond acceptors (Lipinski definition) is 2. The Hall–Kier alpha value is -2.33. The fraction of sp³-hybridized carbons (Fsp3) is 0.300. The number of halogens is 1. The molecule has 4 nitrogen and oxygen atoms in total. The second kappa shape index (κ2) is 7.70. The van der Waals surface area contributed by atoms with Crippen LogP contribution in [0.25, 0.3) is 22.2 Å². The molecule has 3 rings (SSSR count). The van der Waals surface area contributed by atoms with E-state index in [1.54, 1.807) is 6.20 Å². The predicted octanol–water partition coefficient (Wildman–Crippen LogP) is 5.31. The number of aryl methyl sites for hydroxylation is 2. The van der Waals surface area contributed by atoms with Crippen molar-refractivity contribution in [1.29, 1.82) is 0 Å². The molecule has 0 fully saturated rings. The molecule has 0 aliphatic rings. The minimum absolute atomic E-state index is 0.233. The number of hydrogen-bond donors (Lipinski definition) is 1. The number of pyridine rings is 1. The van der Waals surface area contributed by atoms with Gasteiger partial charge in [0.05, 0.1) is 5.69 Å². The van der Waals surface area contributed by atoms with Crippen LogP contribution in [0, 0.1) is 6.92 Å². The smallest absolute Gasteiger partial charge is 0.303 e. The molecule has 25 heavy (non-hydrogen) atoms. The molecule has 0 saturated carbocycles. The monoisotopic (exact) mass is 356 g/mol. The number of rotatable bonds is 7. The van der Waals surface area contributed by atoms with Crippen LogP contribution in [0.5, 0.6) is 0 Å². The predicted molar refractivity (Wildman–Crippen MR) is 101 cm³/mol. The zero-order valence-corrected chi connectivity index (χ0v) is 15.0. The third kappa shape index (κ3) is 3.85. The standard InChI is InChI=1S/C20H21ClN2O2/c1-14-17-12-16(21)8-9-18(17)23(11-4-2-3-7-19(24)25)20(14)15-6-5-10-22-13-15/h5-6,8-10,12-13H,2-4,7,11H2,1H3,(H,24,25). The molecule has 2 heterocycles. The van der Waals surface area contributed by atoms with E-state index < -0.39 is 5.97 Å². The number of carboxylic acids is 1. The van der Waals surface area contributed by atoms with Gasteiger partial charge in [0.2, 0.25) is 0 Å². The van der Waals surface area contributed by atoms with E-state index in [1.165, 1.54) is 5.56 Å². The molecule has 2 aromatic heterocycles. The van der Waals surface area contributed by atoms with Gasteiger partial charge in [-0.05, 0) is 55.7 Å². The Kier molecular flexibility index (Phi) is 5.39. The minimum atomic E-state index is -0.729. The molecule has 3 aromatic rings. The van der Waals surface area contributed by atoms with Gasteiger partial charge in [-0.1, -0.05) is 18.0 Å². The van der Waals surface area contributed by atoms with Gasteiger partial charge >= 0.3 is 5.97 Å². The maximum absolute atomic E-state index is 10.7. The van der Waals surface area contributed by atoms with Crippen molar-refractivity contribution in [2.75, 3.05) is 0 Å². The first-order valence-corrected chi connectivity index (χ1v) is 8.86. The van der Waals surface area contributed by atoms with Crippen LogP contribution in [-0.2, 0) is 11.3 Å². The highest BCUT2D eigenvalue weighted by molar-refractivity contribution is 6.31. The Morgan fingerprint density at radius 2 is 2.08 bits per heavy atom. The molecule has 0 atom stereocenters. The highest BCUT2D eigenvalue weighted by Gasteiger charge is 2.16. The van der Waals surface area contributed by atoms with E-state index in [-0.39, 0.29) is 6.42 Å². The first kappa shape index (κ1) is 17.5. The summed E-state index contributed by atoms with van der Waals surface area (Å²) in [4.78, 5) is 14.9. The maximum Gasteiger partial charge on any atom is 0.303 e. The van der Waals surface area contributed by atoms with Crippen molar-refractivity contribution in [3.63, 3.8) is 0 Å². The Labute approximate surface area is 152 Å². The second-order valence-corrected chi connectivity index (χ2v) is 6.67. The lowest BCUT2D eigenvalue weighted by atomic mass is 10.1. The van der Waals surface area contributed by atoms with E-state index >= 15 is 0 Å². The van der Waals surface area contributed by atoms with Gasteiger partial charge in [0.15, 0.2) is 0 Å². The molecular formula is C20H21ClN2O2. The van der Waals surface area contributed by atoms with Crippen molar-refractivity contribution in [2.24, 2.45) is 0 Å². The summed E-state index contributed by atoms with van der Waals surface area (Å²) >= 11 is 6.20. The van der Waals surface area contributed by atoms with Crippen LogP contribution in [0.2, 0.25) is 5.02 Å². The number of aromatic nitrogens is 2. The number of fused-ring (bicyclic) bond motifs is 1. The van der Waals surface area contributed by atoms with Crippen LogP contribution in [0.1, 0.15) is 31.2 Å². The van der Waals surface area contributed by atoms with Crippen molar-refractivity contribution in [2.45, 2.75) is 39.2 Å². The molecule has 0 amide bonds. The average molecular weight is 357 g/mol. The topological polar surface area (TPSA) is 55.1 Å². The number of unbranched alkanes of at least 4 members (excludes halogenated alkanes) is 2. The van der Waals surface area contributed by atoms with Crippen LogP contribution in [-0.4, -0.2) is 20.6 Å². The fourth-order valence-electron chi connectivity index (χ4n) is 3.32. The number of aliphatic carboxylic acids is 1. The van der Waals surface area contributed by atoms with Crippen LogP contribution in [0.15, 0.2) is 42.7 Å². The maximum atomic E-state index is 10.7. The van der Waals surface area contributed by atoms with Gasteiger partial charge in [0, 0.05) is 46.8 Å². The van der Waals surface area contributed by atoms with Gasteiger partial charge in [-0.15, -0.1) is 0 Å². The van der Waals surface area contributed by atoms with Gasteiger partial charge in [-0.2, -0.15) is 0 Å². The highest BCUT2D eigenvalue weighted by Crippen LogP contribution is 2.34. The third-order valence-electron chi connectivity index (χ3n) is 4.49. The minimum Gasteiger partial charge on any atom is -0.481 e. The summed E-state index contributed by atoms with van der Waals surface area (Å²) in [6.07, 6.45) is 6.42. The summed E-state index contributed by atoms with van der Waals surface area (Å²) in [5.74, 6) is -0.729. The summed E-state index contributed by atoms with van der Waals surface area (Å²) in [6.45, 7) is 2.96. The van der Waals surface area contributed by atoms with Gasteiger partial charge in [-0.3, -0.25) is 9.78 Å². The summed E-state index contributed by atoms with van der Waals surface area (Å²) in [7, 11) is 0. The summed E-state index contributed by atoms with van der Waals surface area (Å²) < 4.78 is 2.30. The number of benzene rings is 1. The molecule has 0 aliphatic carbocycles. The first-order chi connectivity index (χ1) is 12.1. The van der Waals surface area contributed by atoms with Crippen molar-refractivity contribution in [3.05, 3.63) is 53.3 Å². The Morgan fingerprint density at radius 1 is 1.24 bits per heavy atom. The highest BCUT2D eigenvalue weighted by atomic mass is 35.5. The third-order valence-corrected chi connectivity index (χ3v) is 4.72. The first-order valence-electron chi connectivity index (χ1n) is 8.48. The van der Waals surface area contributed by atoms with Crippen molar-refractivity contribution >= 4 is 28.5 Å². The van der Waals surface area contributed by atoms with Crippen molar-refractivity contribution in [1.82, 2.24) is 9.55 Å². The molecule has 0 saturated heterocycles. The molecule has 1 aromatic carbocycles. The van der Waals surface area contributed by atoms with Crippen molar-refractivity contribution < 1.29 is 9.90 Å². The normalized spacial score (nSPS) is 11.1. The number of carboxylic acid groups (broad SMARTS) is 1. The molecular weight excluding hydrogens is 336 g/mol. The SMILES string of the molecule is Cc1c(-c2cccnc2)n(CCCCCC(=O)O)c2ccc(Cl)cc12. The molecule has 0 bridgehead atoms. The van der Waals surface area contributed by atoms with E-state index in [2.05, 4.69) is 28.6 Å². The van der Waals surface area contributed by atoms with Gasteiger partial charge in [0.1, 0.15) is 0 Å². The zero-order valence-electron chi connectivity index (χ0n) is 14.2. The lowest BCUT2D eigenvalue weighted by molar-refractivity contribution is -0.137.